The molecule has 0 radical (unpaired) electrons. The molecule has 4 heteroatoms. The second-order valence-corrected chi connectivity index (χ2v) is 2.97. The molecule has 0 saturated heterocycles. The van der Waals surface area contributed by atoms with Gasteiger partial charge in [0.2, 0.25) is 0 Å². The number of carbonyl (C=O) groups excluding carboxylic acids is 1. The maximum Gasteiger partial charge on any atom is 0.193 e. The molecule has 0 amide bonds. The molecule has 0 unspecified atom stereocenters. The molecule has 0 aliphatic rings. The highest BCUT2D eigenvalue weighted by atomic mass is 79.9. The van der Waals surface area contributed by atoms with Gasteiger partial charge in [0.05, 0.1) is 10.2 Å². The summed E-state index contributed by atoms with van der Waals surface area (Å²) in [5.41, 5.74) is -0.0728. The van der Waals surface area contributed by atoms with E-state index in [9.17, 15) is 9.59 Å². The van der Waals surface area contributed by atoms with E-state index in [4.69, 9.17) is 0 Å². The lowest BCUT2D eigenvalue weighted by Crippen LogP contribution is -2.11. The molecule has 0 spiro atoms. The van der Waals surface area contributed by atoms with E-state index in [0.717, 1.165) is 0 Å². The maximum absolute atomic E-state index is 11.0. The van der Waals surface area contributed by atoms with Crippen LogP contribution < -0.4 is 5.43 Å². The van der Waals surface area contributed by atoms with Crippen LogP contribution in [0.4, 0.5) is 0 Å². The molecular formula is C7H6BrNO2. The first kappa shape index (κ1) is 8.20. The third kappa shape index (κ3) is 1.77. The largest absolute Gasteiger partial charge is 0.355 e. The number of Topliss-reactive ketones (excluding diaryl/α,β-unsaturated/α-hetero) is 1. The van der Waals surface area contributed by atoms with Gasteiger partial charge in [0.1, 0.15) is 0 Å². The van der Waals surface area contributed by atoms with Crippen molar-refractivity contribution in [3.05, 3.63) is 32.7 Å². The van der Waals surface area contributed by atoms with Gasteiger partial charge >= 0.3 is 0 Å². The van der Waals surface area contributed by atoms with Crippen LogP contribution in [-0.4, -0.2) is 10.8 Å². The number of carbonyl (C=O) groups is 1. The molecule has 3 nitrogen and oxygen atoms in total. The van der Waals surface area contributed by atoms with Gasteiger partial charge in [0.15, 0.2) is 11.2 Å². The Kier molecular flexibility index (Phi) is 2.24. The number of ketones is 1. The summed E-state index contributed by atoms with van der Waals surface area (Å²) in [6.45, 7) is 1.36. The normalized spacial score (nSPS) is 9.64. The Morgan fingerprint density at radius 1 is 1.64 bits per heavy atom. The molecule has 0 atom stereocenters. The predicted molar refractivity (Wildman–Crippen MR) is 44.8 cm³/mol. The molecule has 0 bridgehead atoms. The fourth-order valence-electron chi connectivity index (χ4n) is 0.722. The average molecular weight is 216 g/mol. The minimum absolute atomic E-state index is 0.188. The van der Waals surface area contributed by atoms with Crippen molar-refractivity contribution in [2.75, 3.05) is 0 Å². The summed E-state index contributed by atoms with van der Waals surface area (Å²) in [6, 6.07) is 1.33. The van der Waals surface area contributed by atoms with E-state index in [1.165, 1.54) is 19.2 Å². The maximum atomic E-state index is 11.0. The molecule has 1 aromatic rings. The van der Waals surface area contributed by atoms with Crippen molar-refractivity contribution in [2.24, 2.45) is 0 Å². The van der Waals surface area contributed by atoms with Gasteiger partial charge in [0, 0.05) is 12.3 Å². The number of hydrogen-bond donors (Lipinski definition) is 1. The number of H-pyrrole nitrogens is 1. The SMILES string of the molecule is CC(=O)c1c[nH]c(Br)cc1=O. The van der Waals surface area contributed by atoms with Crippen molar-refractivity contribution in [1.29, 1.82) is 0 Å². The van der Waals surface area contributed by atoms with Crippen molar-refractivity contribution >= 4 is 21.7 Å². The highest BCUT2D eigenvalue weighted by Crippen LogP contribution is 2.01. The van der Waals surface area contributed by atoms with E-state index in [2.05, 4.69) is 20.9 Å². The predicted octanol–water partition coefficient (Wildman–Crippen LogP) is 1.34. The Bertz CT molecular complexity index is 343. The number of hydrogen-bond acceptors (Lipinski definition) is 2. The van der Waals surface area contributed by atoms with Crippen LogP contribution in [0, 0.1) is 0 Å². The van der Waals surface area contributed by atoms with Crippen molar-refractivity contribution < 1.29 is 4.79 Å². The summed E-state index contributed by atoms with van der Waals surface area (Å²) in [4.78, 5) is 24.5. The zero-order chi connectivity index (χ0) is 8.43. The second kappa shape index (κ2) is 3.00. The molecule has 0 aliphatic carbocycles. The van der Waals surface area contributed by atoms with Crippen LogP contribution in [0.25, 0.3) is 0 Å². The van der Waals surface area contributed by atoms with Crippen LogP contribution in [0.15, 0.2) is 21.7 Å². The molecular weight excluding hydrogens is 210 g/mol. The van der Waals surface area contributed by atoms with E-state index in [1.54, 1.807) is 0 Å². The first-order valence-corrected chi connectivity index (χ1v) is 3.79. The van der Waals surface area contributed by atoms with Gasteiger partial charge < -0.3 is 4.98 Å². The number of pyridine rings is 1. The van der Waals surface area contributed by atoms with Gasteiger partial charge in [-0.3, -0.25) is 9.59 Å². The molecule has 0 saturated carbocycles. The number of aromatic nitrogens is 1. The molecule has 11 heavy (non-hydrogen) atoms. The zero-order valence-electron chi connectivity index (χ0n) is 5.85. The van der Waals surface area contributed by atoms with Gasteiger partial charge in [-0.25, -0.2) is 0 Å². The summed E-state index contributed by atoms with van der Waals surface area (Å²) in [5, 5.41) is 0. The lowest BCUT2D eigenvalue weighted by atomic mass is 10.2. The van der Waals surface area contributed by atoms with Crippen LogP contribution in [0.2, 0.25) is 0 Å². The van der Waals surface area contributed by atoms with Gasteiger partial charge in [-0.1, -0.05) is 0 Å². The summed E-state index contributed by atoms with van der Waals surface area (Å²) in [7, 11) is 0. The number of rotatable bonds is 1. The number of nitrogens with one attached hydrogen (secondary N) is 1. The second-order valence-electron chi connectivity index (χ2n) is 2.12. The lowest BCUT2D eigenvalue weighted by Gasteiger charge is -1.93. The van der Waals surface area contributed by atoms with E-state index in [0.29, 0.717) is 4.60 Å². The van der Waals surface area contributed by atoms with Crippen LogP contribution in [0.1, 0.15) is 17.3 Å². The molecule has 1 N–H and O–H groups in total. The minimum Gasteiger partial charge on any atom is -0.355 e. The first-order chi connectivity index (χ1) is 5.11. The number of aromatic amines is 1. The lowest BCUT2D eigenvalue weighted by molar-refractivity contribution is 0.101. The smallest absolute Gasteiger partial charge is 0.193 e. The summed E-state index contributed by atoms with van der Waals surface area (Å²) >= 11 is 3.08. The van der Waals surface area contributed by atoms with E-state index in [-0.39, 0.29) is 16.8 Å². The molecule has 1 heterocycles. The van der Waals surface area contributed by atoms with Gasteiger partial charge in [0.25, 0.3) is 0 Å². The van der Waals surface area contributed by atoms with E-state index in [1.807, 2.05) is 0 Å². The molecule has 58 valence electrons. The van der Waals surface area contributed by atoms with Gasteiger partial charge in [-0.2, -0.15) is 0 Å². The Labute approximate surface area is 71.6 Å². The van der Waals surface area contributed by atoms with Crippen molar-refractivity contribution in [3.63, 3.8) is 0 Å². The van der Waals surface area contributed by atoms with Crippen LogP contribution in [0.5, 0.6) is 0 Å². The highest BCUT2D eigenvalue weighted by molar-refractivity contribution is 9.10. The van der Waals surface area contributed by atoms with Crippen LogP contribution in [0.3, 0.4) is 0 Å². The average Bonchev–Trinajstić information content (AvgIpc) is 1.85. The number of halogens is 1. The van der Waals surface area contributed by atoms with Crippen molar-refractivity contribution in [1.82, 2.24) is 4.98 Å². The van der Waals surface area contributed by atoms with Crippen LogP contribution in [-0.2, 0) is 0 Å². The van der Waals surface area contributed by atoms with Gasteiger partial charge in [-0.05, 0) is 22.9 Å². The molecule has 1 rings (SSSR count). The fraction of sp³-hybridized carbons (Fsp3) is 0.143. The Balaban J connectivity index is 3.32. The molecule has 0 fully saturated rings. The third-order valence-corrected chi connectivity index (χ3v) is 1.71. The summed E-state index contributed by atoms with van der Waals surface area (Å²) in [5.74, 6) is -0.223. The van der Waals surface area contributed by atoms with Gasteiger partial charge in [-0.15, -0.1) is 0 Å². The van der Waals surface area contributed by atoms with Crippen molar-refractivity contribution in [2.45, 2.75) is 6.92 Å². The molecule has 0 aromatic carbocycles. The van der Waals surface area contributed by atoms with Crippen molar-refractivity contribution in [3.8, 4) is 0 Å². The monoisotopic (exact) mass is 215 g/mol. The highest BCUT2D eigenvalue weighted by Gasteiger charge is 2.03. The third-order valence-electron chi connectivity index (χ3n) is 1.26. The van der Waals surface area contributed by atoms with E-state index < -0.39 is 0 Å². The summed E-state index contributed by atoms with van der Waals surface area (Å²) in [6.07, 6.45) is 1.40. The van der Waals surface area contributed by atoms with Crippen LogP contribution >= 0.6 is 15.9 Å². The van der Waals surface area contributed by atoms with E-state index >= 15 is 0 Å². The Hall–Kier alpha value is -0.900. The zero-order valence-corrected chi connectivity index (χ0v) is 7.44. The molecule has 0 aliphatic heterocycles. The Morgan fingerprint density at radius 2 is 2.27 bits per heavy atom. The fourth-order valence-corrected chi connectivity index (χ4v) is 1.04. The summed E-state index contributed by atoms with van der Waals surface area (Å²) < 4.78 is 0.576. The minimum atomic E-state index is -0.261. The topological polar surface area (TPSA) is 49.9 Å². The first-order valence-electron chi connectivity index (χ1n) is 3.00. The molecule has 1 aromatic heterocycles. The quantitative estimate of drug-likeness (QED) is 0.568. The standard InChI is InChI=1S/C7H6BrNO2/c1-4(10)5-3-9-7(8)2-6(5)11/h2-3H,1H3,(H,9,11). The Morgan fingerprint density at radius 3 is 2.73 bits per heavy atom.